The van der Waals surface area contributed by atoms with E-state index in [2.05, 4.69) is 23.6 Å². The first-order chi connectivity index (χ1) is 16.6. The number of aliphatic hydroxyl groups is 1. The molecule has 0 amide bonds. The fourth-order valence-corrected chi connectivity index (χ4v) is 4.72. The molecule has 2 aliphatic heterocycles. The lowest BCUT2D eigenvalue weighted by atomic mass is 10.1. The van der Waals surface area contributed by atoms with E-state index in [0.29, 0.717) is 24.9 Å². The summed E-state index contributed by atoms with van der Waals surface area (Å²) in [4.78, 5) is 19.2. The number of fused-ring (bicyclic) bond motifs is 1. The Kier molecular flexibility index (Phi) is 6.49. The van der Waals surface area contributed by atoms with Gasteiger partial charge in [0.05, 0.1) is 55.7 Å². The summed E-state index contributed by atoms with van der Waals surface area (Å²) in [7, 11) is 1.60. The Morgan fingerprint density at radius 1 is 1.06 bits per heavy atom. The highest BCUT2D eigenvalue weighted by Crippen LogP contribution is 2.32. The van der Waals surface area contributed by atoms with Gasteiger partial charge < -0.3 is 29.1 Å². The van der Waals surface area contributed by atoms with Crippen LogP contribution in [0.4, 0.5) is 11.8 Å². The Morgan fingerprint density at radius 3 is 2.53 bits per heavy atom. The average molecular weight is 466 g/mol. The molecule has 0 spiro atoms. The van der Waals surface area contributed by atoms with E-state index in [9.17, 15) is 5.11 Å². The van der Waals surface area contributed by atoms with Gasteiger partial charge in [-0.1, -0.05) is 0 Å². The number of rotatable bonds is 5. The number of nitrogens with zero attached hydrogens (tertiary/aromatic N) is 5. The second-order valence-electron chi connectivity index (χ2n) is 8.88. The standard InChI is InChI=1S/C25H31N5O4/c1-16-13-30(14-17(2)34-16)25-27-22-11-21(18-4-5-23(32-3)19(10-18)15-31)26-12-20(22)24(28-25)29-6-8-33-9-7-29/h4-5,10-12,16-17,31H,6-9,13-15H2,1-3H3. The zero-order valence-corrected chi connectivity index (χ0v) is 19.9. The highest BCUT2D eigenvalue weighted by Gasteiger charge is 2.26. The van der Waals surface area contributed by atoms with Crippen LogP contribution in [0.15, 0.2) is 30.5 Å². The van der Waals surface area contributed by atoms with Crippen LogP contribution in [0.5, 0.6) is 5.75 Å². The third-order valence-electron chi connectivity index (χ3n) is 6.31. The quantitative estimate of drug-likeness (QED) is 0.610. The van der Waals surface area contributed by atoms with Crippen LogP contribution in [0.25, 0.3) is 22.2 Å². The highest BCUT2D eigenvalue weighted by molar-refractivity contribution is 5.92. The monoisotopic (exact) mass is 465 g/mol. The van der Waals surface area contributed by atoms with Crippen molar-refractivity contribution in [2.75, 3.05) is 56.3 Å². The minimum atomic E-state index is -0.106. The summed E-state index contributed by atoms with van der Waals surface area (Å²) < 4.78 is 16.8. The summed E-state index contributed by atoms with van der Waals surface area (Å²) in [6.45, 7) is 8.45. The molecule has 2 fully saturated rings. The van der Waals surface area contributed by atoms with Gasteiger partial charge in [0.1, 0.15) is 11.6 Å². The number of hydrogen-bond acceptors (Lipinski definition) is 9. The molecular weight excluding hydrogens is 434 g/mol. The summed E-state index contributed by atoms with van der Waals surface area (Å²) in [5.41, 5.74) is 3.24. The summed E-state index contributed by atoms with van der Waals surface area (Å²) in [6.07, 6.45) is 2.07. The van der Waals surface area contributed by atoms with Crippen LogP contribution >= 0.6 is 0 Å². The van der Waals surface area contributed by atoms with Crippen molar-refractivity contribution in [1.29, 1.82) is 0 Å². The first-order valence-corrected chi connectivity index (χ1v) is 11.7. The molecule has 2 atom stereocenters. The largest absolute Gasteiger partial charge is 0.496 e. The maximum atomic E-state index is 9.74. The maximum absolute atomic E-state index is 9.74. The van der Waals surface area contributed by atoms with E-state index in [4.69, 9.17) is 29.2 Å². The van der Waals surface area contributed by atoms with Crippen LogP contribution in [0.3, 0.4) is 0 Å². The van der Waals surface area contributed by atoms with E-state index in [1.54, 1.807) is 7.11 Å². The van der Waals surface area contributed by atoms with Gasteiger partial charge in [0.25, 0.3) is 0 Å². The second kappa shape index (κ2) is 9.69. The number of anilines is 2. The summed E-state index contributed by atoms with van der Waals surface area (Å²) in [5.74, 6) is 2.25. The molecule has 2 unspecified atom stereocenters. The Morgan fingerprint density at radius 2 is 1.82 bits per heavy atom. The number of morpholine rings is 2. The van der Waals surface area contributed by atoms with E-state index < -0.39 is 0 Å². The topological polar surface area (TPSA) is 93.1 Å². The molecule has 4 heterocycles. The first-order valence-electron chi connectivity index (χ1n) is 11.7. The predicted molar refractivity (Wildman–Crippen MR) is 130 cm³/mol. The molecule has 9 heteroatoms. The normalized spacial score (nSPS) is 21.2. The summed E-state index contributed by atoms with van der Waals surface area (Å²) >= 11 is 0. The second-order valence-corrected chi connectivity index (χ2v) is 8.88. The minimum Gasteiger partial charge on any atom is -0.496 e. The molecule has 34 heavy (non-hydrogen) atoms. The number of methoxy groups -OCH3 is 1. The fourth-order valence-electron chi connectivity index (χ4n) is 4.72. The third-order valence-corrected chi connectivity index (χ3v) is 6.31. The Labute approximate surface area is 199 Å². The molecule has 0 saturated carbocycles. The van der Waals surface area contributed by atoms with E-state index >= 15 is 0 Å². The number of ether oxygens (including phenoxy) is 3. The van der Waals surface area contributed by atoms with Gasteiger partial charge in [-0.2, -0.15) is 4.98 Å². The molecular formula is C25H31N5O4. The minimum absolute atomic E-state index is 0.106. The average Bonchev–Trinajstić information content (AvgIpc) is 2.87. The molecule has 2 aromatic heterocycles. The predicted octanol–water partition coefficient (Wildman–Crippen LogP) is 2.64. The van der Waals surface area contributed by atoms with Crippen LogP contribution in [-0.4, -0.2) is 78.8 Å². The van der Waals surface area contributed by atoms with Crippen LogP contribution in [-0.2, 0) is 16.1 Å². The van der Waals surface area contributed by atoms with E-state index in [-0.39, 0.29) is 18.8 Å². The molecule has 1 N–H and O–H groups in total. The number of pyridine rings is 1. The van der Waals surface area contributed by atoms with Crippen molar-refractivity contribution >= 4 is 22.7 Å². The third kappa shape index (κ3) is 4.51. The van der Waals surface area contributed by atoms with Crippen LogP contribution < -0.4 is 14.5 Å². The lowest BCUT2D eigenvalue weighted by Crippen LogP contribution is -2.46. The summed E-state index contributed by atoms with van der Waals surface area (Å²) in [5, 5.41) is 10.7. The molecule has 0 aliphatic carbocycles. The molecule has 0 radical (unpaired) electrons. The SMILES string of the molecule is COc1ccc(-c2cc3nc(N4CC(C)OC(C)C4)nc(N4CCOCC4)c3cn2)cc1CO. The smallest absolute Gasteiger partial charge is 0.228 e. The van der Waals surface area contributed by atoms with Crippen molar-refractivity contribution in [3.05, 3.63) is 36.0 Å². The zero-order chi connectivity index (χ0) is 23.7. The van der Waals surface area contributed by atoms with Crippen LogP contribution in [0.1, 0.15) is 19.4 Å². The van der Waals surface area contributed by atoms with E-state index in [0.717, 1.165) is 59.7 Å². The molecule has 180 valence electrons. The molecule has 2 saturated heterocycles. The first kappa shape index (κ1) is 22.8. The Balaban J connectivity index is 1.61. The van der Waals surface area contributed by atoms with E-state index in [1.165, 1.54) is 0 Å². The van der Waals surface area contributed by atoms with Gasteiger partial charge >= 0.3 is 0 Å². The van der Waals surface area contributed by atoms with Crippen molar-refractivity contribution in [3.8, 4) is 17.0 Å². The number of aliphatic hydroxyl groups excluding tert-OH is 1. The van der Waals surface area contributed by atoms with Crippen molar-refractivity contribution in [1.82, 2.24) is 15.0 Å². The Bertz CT molecular complexity index is 1160. The van der Waals surface area contributed by atoms with Crippen LogP contribution in [0.2, 0.25) is 0 Å². The maximum Gasteiger partial charge on any atom is 0.228 e. The van der Waals surface area contributed by atoms with Gasteiger partial charge in [0.15, 0.2) is 0 Å². The molecule has 0 bridgehead atoms. The van der Waals surface area contributed by atoms with Gasteiger partial charge in [-0.15, -0.1) is 0 Å². The van der Waals surface area contributed by atoms with E-state index in [1.807, 2.05) is 30.5 Å². The highest BCUT2D eigenvalue weighted by atomic mass is 16.5. The van der Waals surface area contributed by atoms with Gasteiger partial charge in [-0.05, 0) is 38.1 Å². The van der Waals surface area contributed by atoms with Crippen molar-refractivity contribution in [2.45, 2.75) is 32.7 Å². The lowest BCUT2D eigenvalue weighted by molar-refractivity contribution is -0.00569. The van der Waals surface area contributed by atoms with Crippen molar-refractivity contribution in [2.24, 2.45) is 0 Å². The van der Waals surface area contributed by atoms with Gasteiger partial charge in [-0.3, -0.25) is 4.98 Å². The van der Waals surface area contributed by atoms with Gasteiger partial charge in [0, 0.05) is 43.5 Å². The summed E-state index contributed by atoms with van der Waals surface area (Å²) in [6, 6.07) is 7.71. The number of hydrogen-bond donors (Lipinski definition) is 1. The van der Waals surface area contributed by atoms with Crippen LogP contribution in [0, 0.1) is 0 Å². The molecule has 3 aromatic rings. The van der Waals surface area contributed by atoms with Gasteiger partial charge in [0.2, 0.25) is 5.95 Å². The Hall–Kier alpha value is -3.01. The van der Waals surface area contributed by atoms with Crippen molar-refractivity contribution in [3.63, 3.8) is 0 Å². The zero-order valence-electron chi connectivity index (χ0n) is 19.9. The molecule has 2 aliphatic rings. The molecule has 5 rings (SSSR count). The van der Waals surface area contributed by atoms with Gasteiger partial charge in [-0.25, -0.2) is 4.98 Å². The fraction of sp³-hybridized carbons (Fsp3) is 0.480. The number of aromatic nitrogens is 3. The van der Waals surface area contributed by atoms with Crippen molar-refractivity contribution < 1.29 is 19.3 Å². The molecule has 9 nitrogen and oxygen atoms in total. The number of benzene rings is 1. The molecule has 1 aromatic carbocycles. The lowest BCUT2D eigenvalue weighted by Gasteiger charge is -2.36.